The van der Waals surface area contributed by atoms with Crippen LogP contribution in [-0.2, 0) is 79.4 Å². The van der Waals surface area contributed by atoms with Gasteiger partial charge in [-0.2, -0.15) is 5.10 Å². The largest absolute Gasteiger partial charge is 0.508 e. The van der Waals surface area contributed by atoms with Crippen molar-refractivity contribution in [1.82, 2.24) is 69.3 Å². The van der Waals surface area contributed by atoms with Crippen molar-refractivity contribution < 1.29 is 88.7 Å². The number of amides is 9. The highest BCUT2D eigenvalue weighted by Gasteiger charge is 2.50. The van der Waals surface area contributed by atoms with Crippen LogP contribution in [0.15, 0.2) is 177 Å². The second-order valence-electron chi connectivity index (χ2n) is 34.5. The molecule has 7 aromatic carbocycles. The number of urea groups is 1. The molecule has 135 heavy (non-hydrogen) atoms. The highest BCUT2D eigenvalue weighted by molar-refractivity contribution is 14.1. The molecule has 6 N–H and O–H groups in total. The van der Waals surface area contributed by atoms with Crippen LogP contribution in [0.25, 0.3) is 43.6 Å². The van der Waals surface area contributed by atoms with Crippen molar-refractivity contribution in [3.63, 3.8) is 0 Å². The van der Waals surface area contributed by atoms with E-state index in [-0.39, 0.29) is 160 Å². The number of carbonyl (C=O) groups excluding carboxylic acids is 10. The van der Waals surface area contributed by atoms with E-state index in [0.717, 1.165) is 51.0 Å². The Hall–Kier alpha value is -13.6. The molecule has 0 bridgehead atoms. The number of phenolic OH excluding ortho intramolecular Hbond substituents is 1. The van der Waals surface area contributed by atoms with Crippen molar-refractivity contribution in [2.45, 2.75) is 180 Å². The minimum atomic E-state index is -1.38. The molecular weight excluding hydrogens is 1890 g/mol. The topological polar surface area (TPSA) is 353 Å². The lowest BCUT2D eigenvalue weighted by Crippen LogP contribution is -2.49. The van der Waals surface area contributed by atoms with Crippen molar-refractivity contribution >= 4 is 148 Å². The Morgan fingerprint density at radius 1 is 0.519 bits per heavy atom. The van der Waals surface area contributed by atoms with Gasteiger partial charge in [0.25, 0.3) is 5.69 Å². The number of aromatic nitrogens is 6. The predicted octanol–water partition coefficient (Wildman–Crippen LogP) is 14.8. The summed E-state index contributed by atoms with van der Waals surface area (Å²) in [6.45, 7) is 5.06. The lowest BCUT2D eigenvalue weighted by molar-refractivity contribution is -0.383. The standard InChI is InChI=1S/C28H30FN3O4.C25H23ClF2N4O3.C23H22F2N4O4.C21H20F2IN5O2/c1-16-5-3-7-19(27(16)29)13-30-28(36)25-11-18-6-4-8-23(18)32(25)26(35)15-31-14-22(17(2)33)21-10-9-20(34)12-24(21)31;26-18-6-3-4-15(22(18)28)11-29-23(33)21-10-16(27)12-32(21)25(35)30-19-13-31(24(34)14-8-9-14)20-7-2-1-5-17(19)20;1-14-5-4-6-15(22(14)25)10-26-23(31)19-9-16(24)11-28(19)21(30)13-27-12-20(29(32)33)17-7-2-3-8-18(17)27;1-12-3-2-4-13(19(12)23)8-26-21(31)16-7-14(22)10-28(16)18(30)11-29-17-9-25-6-5-15(17)20(24)27-29/h3,5,7,9-10,12,14,18,23,25,34H,4,6,8,11,13,15H2,1-2H3,(H,30,36);1-7,13-14,16,21H,8-12H2,(H,29,33)(H,30,35);2-8,12,16,19H,9-11,13H2,1H3,(H,26,31);2-6,9,14,16H,7-8,10-11H2,1H3,(H,26,31)/t18-,23-,25+;16-,21+;16-,19+;14-,16+/m1111/s1. The number of anilines is 1. The molecule has 2 aliphatic carbocycles. The van der Waals surface area contributed by atoms with Gasteiger partial charge in [0, 0.05) is 126 Å². The molecule has 4 saturated heterocycles. The zero-order chi connectivity index (χ0) is 96.1. The first-order valence-electron chi connectivity index (χ1n) is 44.0. The first-order chi connectivity index (χ1) is 64.7. The number of pyridine rings is 1. The van der Waals surface area contributed by atoms with Gasteiger partial charge in [-0.25, -0.2) is 35.5 Å². The van der Waals surface area contributed by atoms with Crippen molar-refractivity contribution in [2.24, 2.45) is 11.8 Å². The van der Waals surface area contributed by atoms with Crippen LogP contribution in [0.2, 0.25) is 5.02 Å². The highest BCUT2D eigenvalue weighted by Crippen LogP contribution is 2.43. The van der Waals surface area contributed by atoms with Crippen molar-refractivity contribution in [2.75, 3.05) is 25.0 Å². The maximum Gasteiger partial charge on any atom is 0.322 e. The van der Waals surface area contributed by atoms with Crippen LogP contribution in [0, 0.1) is 69.7 Å². The first kappa shape index (κ1) is 96.0. The number of para-hydroxylation sites is 2. The number of hydrogen-bond acceptors (Lipinski definition) is 15. The third-order valence-electron chi connectivity index (χ3n) is 25.4. The molecule has 0 spiro atoms. The number of nitro groups is 1. The summed E-state index contributed by atoms with van der Waals surface area (Å²) in [5.74, 6) is -4.77. The SMILES string of the molecule is CC(=O)c1cn(CC(=O)N2[C@@H]3CCC[C@@H]3C[C@H]2C(=O)NCc2cccc(C)c2F)c2cc(O)ccc12.Cc1cccc(CNC(=O)[C@@H]2C[C@@H](F)CN2C(=O)Cn2cc([N+](=O)[O-])c3ccccc32)c1F.Cc1cccc(CNC(=O)[C@@H]2C[C@@H](F)CN2C(=O)Cn2nc(I)c3ccncc32)c1F.O=C(NCc1cccc(Cl)c1F)[C@@H]1C[C@@H](F)CN1C(=O)Nc1cn(C(=O)C2CC2)c2ccccc12. The molecule has 12 aromatic rings. The minimum absolute atomic E-state index is 0.00791. The molecule has 4 aliphatic heterocycles. The fourth-order valence-electron chi connectivity index (χ4n) is 18.3. The maximum atomic E-state index is 14.4. The Labute approximate surface area is 787 Å². The number of alkyl halides is 3. The molecule has 6 fully saturated rings. The third kappa shape index (κ3) is 21.3. The molecular formula is C97H95ClF7IN16O13. The predicted molar refractivity (Wildman–Crippen MR) is 495 cm³/mol. The minimum Gasteiger partial charge on any atom is -0.508 e. The van der Waals surface area contributed by atoms with Crippen LogP contribution in [0.3, 0.4) is 0 Å². The van der Waals surface area contributed by atoms with Gasteiger partial charge in [-0.1, -0.05) is 115 Å². The summed E-state index contributed by atoms with van der Waals surface area (Å²) >= 11 is 7.85. The molecule has 0 radical (unpaired) electrons. The van der Waals surface area contributed by atoms with Gasteiger partial charge in [0.2, 0.25) is 47.3 Å². The Kier molecular flexibility index (Phi) is 29.5. The molecule has 6 aliphatic rings. The average molecular weight is 1990 g/mol. The number of rotatable bonds is 22. The lowest BCUT2D eigenvalue weighted by Gasteiger charge is -2.29. The quantitative estimate of drug-likeness (QED) is 0.0121. The van der Waals surface area contributed by atoms with Gasteiger partial charge in [0.1, 0.15) is 95.0 Å². The number of nitrogens with one attached hydrogen (secondary N) is 5. The summed E-state index contributed by atoms with van der Waals surface area (Å²) in [5.41, 5.74) is 5.84. The summed E-state index contributed by atoms with van der Waals surface area (Å²) < 4.78 is 106. The van der Waals surface area contributed by atoms with E-state index in [1.165, 1.54) is 56.1 Å². The summed E-state index contributed by atoms with van der Waals surface area (Å²) in [4.78, 5) is 149. The molecule has 5 aromatic heterocycles. The smallest absolute Gasteiger partial charge is 0.322 e. The number of aromatic hydroxyl groups is 1. The fourth-order valence-corrected chi connectivity index (χ4v) is 19.2. The average Bonchev–Trinajstić information content (AvgIpc) is 1.61. The van der Waals surface area contributed by atoms with Crippen molar-refractivity contribution in [3.05, 3.63) is 263 Å². The molecule has 704 valence electrons. The Balaban J connectivity index is 0.000000137. The van der Waals surface area contributed by atoms with Gasteiger partial charge in [-0.3, -0.25) is 67.5 Å². The van der Waals surface area contributed by atoms with Crippen LogP contribution in [0.1, 0.15) is 119 Å². The van der Waals surface area contributed by atoms with Crippen molar-refractivity contribution in [1.29, 1.82) is 0 Å². The molecule has 18 rings (SSSR count). The number of aryl methyl sites for hydroxylation is 3. The van der Waals surface area contributed by atoms with Gasteiger partial charge in [0.05, 0.1) is 75.1 Å². The fraction of sp³-hybridized carbons (Fsp3) is 0.340. The number of phenols is 1. The zero-order valence-electron chi connectivity index (χ0n) is 73.6. The Bertz CT molecular complexity index is 6650. The maximum absolute atomic E-state index is 14.4. The monoisotopic (exact) mass is 1990 g/mol. The Morgan fingerprint density at radius 2 is 1.01 bits per heavy atom. The number of nitrogens with zero attached hydrogens (tertiary/aromatic N) is 11. The highest BCUT2D eigenvalue weighted by atomic mass is 127. The molecule has 2 saturated carbocycles. The second kappa shape index (κ2) is 41.5. The summed E-state index contributed by atoms with van der Waals surface area (Å²) in [5, 5.41) is 41.6. The molecule has 9 atom stereocenters. The summed E-state index contributed by atoms with van der Waals surface area (Å²) in [7, 11) is 0. The number of ketones is 1. The third-order valence-corrected chi connectivity index (χ3v) is 26.5. The van der Waals surface area contributed by atoms with E-state index in [2.05, 4.69) is 59.3 Å². The second-order valence-corrected chi connectivity index (χ2v) is 35.9. The van der Waals surface area contributed by atoms with Crippen LogP contribution in [0.5, 0.6) is 5.75 Å². The van der Waals surface area contributed by atoms with Gasteiger partial charge < -0.3 is 60.4 Å². The summed E-state index contributed by atoms with van der Waals surface area (Å²) in [6, 6.07) is 35.2. The van der Waals surface area contributed by atoms with Gasteiger partial charge in [-0.05, 0) is 147 Å². The van der Waals surface area contributed by atoms with E-state index in [1.54, 1.807) is 170 Å². The molecule has 38 heteroatoms. The zero-order valence-corrected chi connectivity index (χ0v) is 76.5. The lowest BCUT2D eigenvalue weighted by atomic mass is 10.0. The van der Waals surface area contributed by atoms with Crippen LogP contribution < -0.4 is 26.6 Å². The number of likely N-dealkylation sites (tertiary alicyclic amines) is 4. The number of benzene rings is 7. The van der Waals surface area contributed by atoms with Crippen molar-refractivity contribution in [3.8, 4) is 5.75 Å². The number of hydrogen-bond donors (Lipinski definition) is 6. The molecule has 9 amide bonds. The first-order valence-corrected chi connectivity index (χ1v) is 45.4. The number of fused-ring (bicyclic) bond motifs is 5. The van der Waals surface area contributed by atoms with E-state index in [4.69, 9.17) is 11.6 Å². The number of carbonyl (C=O) groups is 10. The normalized spacial score (nSPS) is 19.4. The van der Waals surface area contributed by atoms with Crippen LogP contribution in [-0.4, -0.2) is 186 Å². The van der Waals surface area contributed by atoms with E-state index in [0.29, 0.717) is 89.3 Å². The van der Waals surface area contributed by atoms with E-state index in [1.807, 2.05) is 6.07 Å². The number of Topliss-reactive ketones (excluding diaryl/α,β-unsaturated/α-hetero) is 1. The van der Waals surface area contributed by atoms with Gasteiger partial charge in [0.15, 0.2) is 5.78 Å². The van der Waals surface area contributed by atoms with Crippen LogP contribution in [0.4, 0.5) is 46.9 Å². The van der Waals surface area contributed by atoms with Gasteiger partial charge >= 0.3 is 6.03 Å². The molecule has 29 nitrogen and oxygen atoms in total. The van der Waals surface area contributed by atoms with E-state index in [9.17, 15) is 93.9 Å². The molecule has 0 unspecified atom stereocenters. The number of halogens is 9. The van der Waals surface area contributed by atoms with E-state index >= 15 is 0 Å². The van der Waals surface area contributed by atoms with Crippen LogP contribution >= 0.6 is 34.2 Å². The van der Waals surface area contributed by atoms with Gasteiger partial charge in [-0.15, -0.1) is 0 Å². The summed E-state index contributed by atoms with van der Waals surface area (Å²) in [6.07, 6.45) is 8.35. The van der Waals surface area contributed by atoms with E-state index < -0.39 is 94.8 Å². The molecule has 9 heterocycles. The Morgan fingerprint density at radius 3 is 1.57 bits per heavy atom.